The molecule has 3 aromatic rings. The van der Waals surface area contributed by atoms with Gasteiger partial charge in [0.1, 0.15) is 28.9 Å². The van der Waals surface area contributed by atoms with Crippen LogP contribution in [0.2, 0.25) is 10.0 Å². The minimum atomic E-state index is -0.692. The lowest BCUT2D eigenvalue weighted by atomic mass is 10.1. The molecule has 1 aliphatic rings. The van der Waals surface area contributed by atoms with Crippen molar-refractivity contribution in [3.8, 4) is 0 Å². The Morgan fingerprint density at radius 2 is 1.82 bits per heavy atom. The van der Waals surface area contributed by atoms with Gasteiger partial charge in [0, 0.05) is 7.11 Å². The zero-order valence-corrected chi connectivity index (χ0v) is 21.5. The smallest absolute Gasteiger partial charge is 0.367 e. The number of aromatic amines is 1. The van der Waals surface area contributed by atoms with Crippen LogP contribution in [0.25, 0.3) is 11.0 Å². The topological polar surface area (TPSA) is 106 Å². The molecule has 0 radical (unpaired) electrons. The Morgan fingerprint density at radius 1 is 1.09 bits per heavy atom. The second-order valence-corrected chi connectivity index (χ2v) is 9.47. The number of anilines is 2. The number of fused-ring (bicyclic) bond motifs is 2. The lowest BCUT2D eigenvalue weighted by Crippen LogP contribution is -2.35. The molecule has 1 aromatic heterocycles. The van der Waals surface area contributed by atoms with E-state index in [1.165, 1.54) is 35.7 Å². The summed E-state index contributed by atoms with van der Waals surface area (Å²) in [5.41, 5.74) is 1.68. The van der Waals surface area contributed by atoms with Crippen molar-refractivity contribution in [3.63, 3.8) is 0 Å². The Morgan fingerprint density at radius 3 is 2.53 bits per heavy atom. The van der Waals surface area contributed by atoms with Crippen LogP contribution in [0, 0.1) is 0 Å². The normalized spacial score (nSPS) is 14.7. The average Bonchev–Trinajstić information content (AvgIpc) is 3.39. The maximum absolute atomic E-state index is 13.3. The molecule has 0 fully saturated rings. The lowest BCUT2D eigenvalue weighted by Gasteiger charge is -2.23. The van der Waals surface area contributed by atoms with E-state index in [1.807, 2.05) is 12.5 Å². The molecule has 0 amide bonds. The van der Waals surface area contributed by atoms with E-state index in [1.54, 1.807) is 24.3 Å². The maximum Gasteiger partial charge on any atom is 0.367 e. The van der Waals surface area contributed by atoms with Crippen LogP contribution in [0.5, 0.6) is 0 Å². The Hall–Kier alpha value is -2.31. The average molecular weight is 543 g/mol. The van der Waals surface area contributed by atoms with Crippen molar-refractivity contribution in [2.45, 2.75) is 10.7 Å². The fourth-order valence-corrected chi connectivity index (χ4v) is 4.84. The highest BCUT2D eigenvalue weighted by molar-refractivity contribution is 7.99. The van der Waals surface area contributed by atoms with Gasteiger partial charge in [0.25, 0.3) is 0 Å². The number of rotatable bonds is 8. The first kappa shape index (κ1) is 24.8. The molecule has 34 heavy (non-hydrogen) atoms. The van der Waals surface area contributed by atoms with Crippen LogP contribution < -0.4 is 10.4 Å². The number of aromatic nitrogens is 2. The van der Waals surface area contributed by atoms with Gasteiger partial charge in [-0.3, -0.25) is 0 Å². The third-order valence-corrected chi connectivity index (χ3v) is 6.93. The van der Waals surface area contributed by atoms with Gasteiger partial charge >= 0.3 is 11.9 Å². The molecule has 2 aromatic carbocycles. The van der Waals surface area contributed by atoms with Gasteiger partial charge in [0.15, 0.2) is 10.7 Å². The number of thioether (sulfide) groups is 2. The van der Waals surface area contributed by atoms with Gasteiger partial charge in [-0.2, -0.15) is 5.06 Å². The molecule has 1 atom stereocenters. The number of nitrogens with one attached hydrogen (secondary N) is 2. The van der Waals surface area contributed by atoms with Gasteiger partial charge in [-0.15, -0.1) is 11.8 Å². The number of benzene rings is 2. The van der Waals surface area contributed by atoms with Crippen molar-refractivity contribution in [1.29, 1.82) is 0 Å². The summed E-state index contributed by atoms with van der Waals surface area (Å²) in [6, 6.07) is 6.56. The number of H-pyrrole nitrogens is 1. The van der Waals surface area contributed by atoms with Crippen LogP contribution >= 0.6 is 46.7 Å². The molecular weight excluding hydrogens is 523 g/mol. The molecule has 0 aliphatic carbocycles. The van der Waals surface area contributed by atoms with E-state index in [-0.39, 0.29) is 34.4 Å². The summed E-state index contributed by atoms with van der Waals surface area (Å²) in [6.45, 7) is 0.324. The predicted octanol–water partition coefficient (Wildman–Crippen LogP) is 5.05. The molecule has 2 heterocycles. The molecule has 180 valence electrons. The van der Waals surface area contributed by atoms with Crippen molar-refractivity contribution in [2.75, 3.05) is 43.2 Å². The number of imidazole rings is 1. The number of nitrogens with zero attached hydrogens (tertiary/aromatic N) is 2. The summed E-state index contributed by atoms with van der Waals surface area (Å²) in [5.74, 6) is -1.31. The minimum absolute atomic E-state index is 0.0736. The summed E-state index contributed by atoms with van der Waals surface area (Å²) in [4.78, 5) is 39.3. The van der Waals surface area contributed by atoms with Gasteiger partial charge in [0.05, 0.1) is 27.9 Å². The van der Waals surface area contributed by atoms with Crippen LogP contribution in [0.15, 0.2) is 29.4 Å². The fraction of sp³-hybridized carbons (Fsp3) is 0.286. The van der Waals surface area contributed by atoms with Crippen molar-refractivity contribution in [1.82, 2.24) is 9.97 Å². The molecule has 13 heteroatoms. The fourth-order valence-electron chi connectivity index (χ4n) is 3.40. The molecule has 2 N–H and O–H groups in total. The van der Waals surface area contributed by atoms with Crippen LogP contribution in [0.1, 0.15) is 20.7 Å². The number of ether oxygens (including phenoxy) is 2. The van der Waals surface area contributed by atoms with Gasteiger partial charge < -0.3 is 24.6 Å². The first-order valence-electron chi connectivity index (χ1n) is 9.91. The molecular formula is C21H20Cl2N4O5S2. The summed E-state index contributed by atoms with van der Waals surface area (Å²) in [7, 11) is 1.51. The number of hydroxylamine groups is 1. The molecule has 0 saturated heterocycles. The van der Waals surface area contributed by atoms with Crippen LogP contribution in [0.4, 0.5) is 11.4 Å². The number of hydrogen-bond donors (Lipinski definition) is 2. The Kier molecular flexibility index (Phi) is 7.68. The number of esters is 1. The lowest BCUT2D eigenvalue weighted by molar-refractivity contribution is 0.0389. The largest absolute Gasteiger partial charge is 0.460 e. The summed E-state index contributed by atoms with van der Waals surface area (Å²) in [6.07, 6.45) is 3.70. The molecule has 0 saturated carbocycles. The second kappa shape index (κ2) is 10.5. The summed E-state index contributed by atoms with van der Waals surface area (Å²) < 4.78 is 10.2. The summed E-state index contributed by atoms with van der Waals surface area (Å²) >= 11 is 15.5. The molecule has 1 unspecified atom stereocenters. The van der Waals surface area contributed by atoms with Crippen LogP contribution in [-0.2, 0) is 14.3 Å². The number of halogens is 2. The van der Waals surface area contributed by atoms with Gasteiger partial charge in [-0.1, -0.05) is 35.0 Å². The van der Waals surface area contributed by atoms with Gasteiger partial charge in [-0.05, 0) is 36.8 Å². The van der Waals surface area contributed by atoms with Crippen molar-refractivity contribution < 1.29 is 23.9 Å². The highest BCUT2D eigenvalue weighted by Crippen LogP contribution is 2.43. The molecule has 1 aliphatic heterocycles. The van der Waals surface area contributed by atoms with E-state index >= 15 is 0 Å². The predicted molar refractivity (Wildman–Crippen MR) is 135 cm³/mol. The van der Waals surface area contributed by atoms with E-state index in [9.17, 15) is 9.59 Å². The van der Waals surface area contributed by atoms with Gasteiger partial charge in [0.2, 0.25) is 0 Å². The third-order valence-electron chi connectivity index (χ3n) is 4.96. The number of carbonyl (C=O) groups is 2. The van der Waals surface area contributed by atoms with Gasteiger partial charge in [-0.25, -0.2) is 14.6 Å². The van der Waals surface area contributed by atoms with Crippen molar-refractivity contribution >= 4 is 81.1 Å². The van der Waals surface area contributed by atoms with Crippen molar-refractivity contribution in [2.24, 2.45) is 0 Å². The molecule has 4 rings (SSSR count). The molecule has 9 nitrogen and oxygen atoms in total. The first-order chi connectivity index (χ1) is 16.4. The summed E-state index contributed by atoms with van der Waals surface area (Å²) in [5, 5.41) is 5.61. The number of carbonyl (C=O) groups excluding carboxylic acids is 2. The zero-order chi connectivity index (χ0) is 24.4. The monoisotopic (exact) mass is 542 g/mol. The molecule has 0 bridgehead atoms. The maximum atomic E-state index is 13.3. The van der Waals surface area contributed by atoms with E-state index in [0.29, 0.717) is 27.6 Å². The highest BCUT2D eigenvalue weighted by Gasteiger charge is 2.37. The standard InChI is InChI=1S/C21H20Cl2N4O5S2/c1-30-8-9-31-18(28)15-11(23)5-7-13-17(15)26-21(34-3)27(13)32-19(29)14-10(22)4-6-12-16(14)25-20(24-12)33-2/h4-7,21,26H,8-9H2,1-3H3,(H,24,25). The Bertz CT molecular complexity index is 1260. The SMILES string of the molecule is COCCOC(=O)c1c(Cl)ccc2c1NC(SC)N2OC(=O)c1c(Cl)ccc2[nH]c(SC)nc12. The first-order valence-corrected chi connectivity index (χ1v) is 13.2. The minimum Gasteiger partial charge on any atom is -0.460 e. The van der Waals surface area contributed by atoms with E-state index in [0.717, 1.165) is 0 Å². The number of hydrogen-bond acceptors (Lipinski definition) is 10. The third kappa shape index (κ3) is 4.63. The Balaban J connectivity index is 1.68. The zero-order valence-electron chi connectivity index (χ0n) is 18.3. The quantitative estimate of drug-likeness (QED) is 0.228. The number of methoxy groups -OCH3 is 1. The Labute approximate surface area is 213 Å². The second-order valence-electron chi connectivity index (χ2n) is 6.95. The van der Waals surface area contributed by atoms with E-state index in [4.69, 9.17) is 37.5 Å². The van der Waals surface area contributed by atoms with E-state index < -0.39 is 17.4 Å². The van der Waals surface area contributed by atoms with Crippen LogP contribution in [-0.4, -0.2) is 60.2 Å². The molecule has 0 spiro atoms. The van der Waals surface area contributed by atoms with Crippen molar-refractivity contribution in [3.05, 3.63) is 45.4 Å². The van der Waals surface area contributed by atoms with E-state index in [2.05, 4.69) is 15.3 Å². The van der Waals surface area contributed by atoms with Crippen LogP contribution in [0.3, 0.4) is 0 Å². The highest BCUT2D eigenvalue weighted by atomic mass is 35.5.